The fourth-order valence-corrected chi connectivity index (χ4v) is 1.25. The lowest BCUT2D eigenvalue weighted by Gasteiger charge is -2.12. The zero-order chi connectivity index (χ0) is 12.5. The van der Waals surface area contributed by atoms with E-state index < -0.39 is 41.3 Å². The summed E-state index contributed by atoms with van der Waals surface area (Å²) in [5.41, 5.74) is -2.67. The fourth-order valence-electron chi connectivity index (χ4n) is 1.25. The Kier molecular flexibility index (Phi) is 3.16. The van der Waals surface area contributed by atoms with E-state index in [0.29, 0.717) is 6.07 Å². The number of rotatable bonds is 2. The second kappa shape index (κ2) is 4.07. The van der Waals surface area contributed by atoms with Gasteiger partial charge in [-0.3, -0.25) is 4.79 Å². The highest BCUT2D eigenvalue weighted by atomic mass is 19.4. The highest BCUT2D eigenvalue weighted by molar-refractivity contribution is 5.70. The monoisotopic (exact) mass is 240 g/mol. The third kappa shape index (κ3) is 2.68. The number of aliphatic carboxylic acids is 1. The summed E-state index contributed by atoms with van der Waals surface area (Å²) in [6, 6.07) is 0.425. The minimum Gasteiger partial charge on any atom is -0.481 e. The zero-order valence-corrected chi connectivity index (χ0v) is 7.61. The normalized spacial score (nSPS) is 11.6. The molecule has 1 rings (SSSR count). The predicted octanol–water partition coefficient (Wildman–Crippen LogP) is 2.61. The second-order valence-electron chi connectivity index (χ2n) is 2.99. The van der Waals surface area contributed by atoms with E-state index >= 15 is 0 Å². The summed E-state index contributed by atoms with van der Waals surface area (Å²) in [5, 5.41) is 8.33. The lowest BCUT2D eigenvalue weighted by molar-refractivity contribution is -0.141. The van der Waals surface area contributed by atoms with E-state index in [1.165, 1.54) is 0 Å². The van der Waals surface area contributed by atoms with Crippen LogP contribution in [0.2, 0.25) is 0 Å². The molecule has 2 nitrogen and oxygen atoms in total. The SMILES string of the molecule is O=C(O)Cc1cc(F)cc(F)c1C(F)(F)F. The van der Waals surface area contributed by atoms with Crippen LogP contribution in [0, 0.1) is 11.6 Å². The molecule has 16 heavy (non-hydrogen) atoms. The molecule has 0 aliphatic carbocycles. The van der Waals surface area contributed by atoms with Crippen LogP contribution < -0.4 is 0 Å². The van der Waals surface area contributed by atoms with E-state index in [4.69, 9.17) is 5.11 Å². The van der Waals surface area contributed by atoms with Crippen LogP contribution in [0.15, 0.2) is 12.1 Å². The third-order valence-electron chi connectivity index (χ3n) is 1.76. The topological polar surface area (TPSA) is 37.3 Å². The van der Waals surface area contributed by atoms with Crippen LogP contribution in [0.3, 0.4) is 0 Å². The van der Waals surface area contributed by atoms with E-state index in [1.807, 2.05) is 0 Å². The van der Waals surface area contributed by atoms with Crippen LogP contribution in [-0.2, 0) is 17.4 Å². The van der Waals surface area contributed by atoms with Crippen LogP contribution in [0.25, 0.3) is 0 Å². The minimum absolute atomic E-state index is 0.0637. The molecule has 0 bridgehead atoms. The first kappa shape index (κ1) is 12.4. The molecule has 0 aromatic heterocycles. The number of carboxylic acids is 1. The third-order valence-corrected chi connectivity index (χ3v) is 1.76. The molecule has 0 fully saturated rings. The van der Waals surface area contributed by atoms with Gasteiger partial charge >= 0.3 is 12.1 Å². The number of hydrogen-bond acceptors (Lipinski definition) is 1. The molecule has 0 radical (unpaired) electrons. The molecule has 0 amide bonds. The van der Waals surface area contributed by atoms with Gasteiger partial charge in [0, 0.05) is 6.07 Å². The highest BCUT2D eigenvalue weighted by Crippen LogP contribution is 2.34. The average Bonchev–Trinajstić information content (AvgIpc) is 1.96. The Morgan fingerprint density at radius 1 is 1.25 bits per heavy atom. The molecule has 0 aliphatic rings. The molecule has 0 saturated carbocycles. The maximum atomic E-state index is 12.9. The number of carboxylic acid groups (broad SMARTS) is 1. The molecule has 1 aromatic carbocycles. The number of carbonyl (C=O) groups is 1. The number of hydrogen-bond donors (Lipinski definition) is 1. The molecular weight excluding hydrogens is 235 g/mol. The summed E-state index contributed by atoms with van der Waals surface area (Å²) in [4.78, 5) is 10.3. The zero-order valence-electron chi connectivity index (χ0n) is 7.61. The van der Waals surface area contributed by atoms with Gasteiger partial charge in [0.25, 0.3) is 0 Å². The molecule has 0 spiro atoms. The lowest BCUT2D eigenvalue weighted by atomic mass is 10.0. The predicted molar refractivity (Wildman–Crippen MR) is 42.7 cm³/mol. The average molecular weight is 240 g/mol. The van der Waals surface area contributed by atoms with E-state index in [2.05, 4.69) is 0 Å². The van der Waals surface area contributed by atoms with Gasteiger partial charge in [0.05, 0.1) is 12.0 Å². The largest absolute Gasteiger partial charge is 0.481 e. The molecule has 0 atom stereocenters. The van der Waals surface area contributed by atoms with Crippen LogP contribution in [0.5, 0.6) is 0 Å². The van der Waals surface area contributed by atoms with Crippen molar-refractivity contribution in [1.29, 1.82) is 0 Å². The van der Waals surface area contributed by atoms with E-state index in [1.54, 1.807) is 0 Å². The minimum atomic E-state index is -5.05. The summed E-state index contributed by atoms with van der Waals surface area (Å²) in [5.74, 6) is -4.67. The Bertz CT molecular complexity index is 425. The molecule has 88 valence electrons. The van der Waals surface area contributed by atoms with Gasteiger partial charge in [-0.05, 0) is 11.6 Å². The summed E-state index contributed by atoms with van der Waals surface area (Å²) >= 11 is 0. The first-order valence-corrected chi connectivity index (χ1v) is 3.98. The van der Waals surface area contributed by atoms with Crippen molar-refractivity contribution in [2.24, 2.45) is 0 Å². The Morgan fingerprint density at radius 3 is 2.25 bits per heavy atom. The van der Waals surface area contributed by atoms with Crippen molar-refractivity contribution in [3.8, 4) is 0 Å². The van der Waals surface area contributed by atoms with Gasteiger partial charge < -0.3 is 5.11 Å². The van der Waals surface area contributed by atoms with Crippen molar-refractivity contribution in [2.45, 2.75) is 12.6 Å². The van der Waals surface area contributed by atoms with Crippen LogP contribution in [-0.4, -0.2) is 11.1 Å². The van der Waals surface area contributed by atoms with Crippen molar-refractivity contribution in [1.82, 2.24) is 0 Å². The Hall–Kier alpha value is -1.66. The van der Waals surface area contributed by atoms with Crippen molar-refractivity contribution < 1.29 is 31.9 Å². The van der Waals surface area contributed by atoms with Gasteiger partial charge in [-0.1, -0.05) is 0 Å². The van der Waals surface area contributed by atoms with Gasteiger partial charge in [-0.2, -0.15) is 13.2 Å². The van der Waals surface area contributed by atoms with Crippen LogP contribution in [0.1, 0.15) is 11.1 Å². The molecule has 1 aromatic rings. The molecule has 0 saturated heterocycles. The van der Waals surface area contributed by atoms with Crippen molar-refractivity contribution in [2.75, 3.05) is 0 Å². The quantitative estimate of drug-likeness (QED) is 0.807. The standard InChI is InChI=1S/C9H5F5O2/c10-5-1-4(2-7(15)16)8(6(11)3-5)9(12,13)14/h1,3H,2H2,(H,15,16). The lowest BCUT2D eigenvalue weighted by Crippen LogP contribution is -2.15. The van der Waals surface area contributed by atoms with Crippen molar-refractivity contribution in [3.63, 3.8) is 0 Å². The van der Waals surface area contributed by atoms with Crippen molar-refractivity contribution in [3.05, 3.63) is 34.9 Å². The number of halogens is 5. The maximum absolute atomic E-state index is 12.9. The van der Waals surface area contributed by atoms with Crippen molar-refractivity contribution >= 4 is 5.97 Å². The van der Waals surface area contributed by atoms with Crippen LogP contribution >= 0.6 is 0 Å². The number of benzene rings is 1. The first-order valence-electron chi connectivity index (χ1n) is 3.98. The van der Waals surface area contributed by atoms with E-state index in [-0.39, 0.29) is 6.07 Å². The Morgan fingerprint density at radius 2 is 1.81 bits per heavy atom. The molecular formula is C9H5F5O2. The second-order valence-corrected chi connectivity index (χ2v) is 2.99. The number of alkyl halides is 3. The molecule has 1 N–H and O–H groups in total. The van der Waals surface area contributed by atoms with E-state index in [0.717, 1.165) is 0 Å². The molecule has 0 heterocycles. The Balaban J connectivity index is 3.38. The van der Waals surface area contributed by atoms with Gasteiger partial charge in [0.15, 0.2) is 0 Å². The smallest absolute Gasteiger partial charge is 0.419 e. The summed E-state index contributed by atoms with van der Waals surface area (Å²) in [6.07, 6.45) is -6.15. The summed E-state index contributed by atoms with van der Waals surface area (Å²) in [6.45, 7) is 0. The van der Waals surface area contributed by atoms with Gasteiger partial charge in [-0.15, -0.1) is 0 Å². The molecule has 0 unspecified atom stereocenters. The van der Waals surface area contributed by atoms with Gasteiger partial charge in [0.1, 0.15) is 11.6 Å². The molecule has 7 heteroatoms. The van der Waals surface area contributed by atoms with Gasteiger partial charge in [-0.25, -0.2) is 8.78 Å². The Labute approximate surface area is 86.3 Å². The van der Waals surface area contributed by atoms with Gasteiger partial charge in [0.2, 0.25) is 0 Å². The van der Waals surface area contributed by atoms with Crippen LogP contribution in [0.4, 0.5) is 22.0 Å². The summed E-state index contributed by atoms with van der Waals surface area (Å²) in [7, 11) is 0. The summed E-state index contributed by atoms with van der Waals surface area (Å²) < 4.78 is 62.6. The molecule has 0 aliphatic heterocycles. The maximum Gasteiger partial charge on any atom is 0.419 e. The first-order chi connectivity index (χ1) is 7.21. The highest BCUT2D eigenvalue weighted by Gasteiger charge is 2.37. The van der Waals surface area contributed by atoms with E-state index in [9.17, 15) is 26.7 Å². The fraction of sp³-hybridized carbons (Fsp3) is 0.222.